The predicted molar refractivity (Wildman–Crippen MR) is 81.3 cm³/mol. The third-order valence-electron chi connectivity index (χ3n) is 2.90. The van der Waals surface area contributed by atoms with Crippen molar-refractivity contribution in [2.45, 2.75) is 20.8 Å². The molecule has 2 amide bonds. The molecule has 1 aromatic heterocycles. The van der Waals surface area contributed by atoms with Gasteiger partial charge in [-0.15, -0.1) is 0 Å². The number of hydrogen-bond donors (Lipinski definition) is 2. The highest BCUT2D eigenvalue weighted by Gasteiger charge is 2.10. The summed E-state index contributed by atoms with van der Waals surface area (Å²) in [7, 11) is 0. The molecule has 0 unspecified atom stereocenters. The first-order chi connectivity index (χ1) is 9.95. The van der Waals surface area contributed by atoms with Crippen molar-refractivity contribution in [2.24, 2.45) is 5.92 Å². The van der Waals surface area contributed by atoms with Gasteiger partial charge in [-0.1, -0.05) is 13.8 Å². The van der Waals surface area contributed by atoms with E-state index in [9.17, 15) is 9.59 Å². The number of hydrogen-bond acceptors (Lipinski definition) is 3. The van der Waals surface area contributed by atoms with Crippen molar-refractivity contribution >= 4 is 23.2 Å². The Morgan fingerprint density at radius 3 is 2.00 bits per heavy atom. The van der Waals surface area contributed by atoms with Gasteiger partial charge in [-0.05, 0) is 43.3 Å². The van der Waals surface area contributed by atoms with Crippen LogP contribution in [0.4, 0.5) is 11.4 Å². The molecule has 2 N–H and O–H groups in total. The summed E-state index contributed by atoms with van der Waals surface area (Å²) in [5.74, 6) is 0.531. The van der Waals surface area contributed by atoms with E-state index < -0.39 is 0 Å². The lowest BCUT2D eigenvalue weighted by Gasteiger charge is -2.08. The van der Waals surface area contributed by atoms with Crippen LogP contribution in [0.3, 0.4) is 0 Å². The molecule has 0 bridgehead atoms. The summed E-state index contributed by atoms with van der Waals surface area (Å²) in [6, 6.07) is 10.3. The molecule has 1 aromatic carbocycles. The van der Waals surface area contributed by atoms with Gasteiger partial charge in [0.05, 0.1) is 0 Å². The van der Waals surface area contributed by atoms with Crippen LogP contribution in [0, 0.1) is 12.8 Å². The number of rotatable bonds is 4. The minimum Gasteiger partial charge on any atom is -0.456 e. The molecule has 2 rings (SSSR count). The van der Waals surface area contributed by atoms with Crippen LogP contribution in [0.5, 0.6) is 0 Å². The standard InChI is InChI=1S/C16H18N2O3/c1-10(2)15(19)17-12-5-7-13(8-6-12)18-16(20)14-9-4-11(3)21-14/h4-10H,1-3H3,(H,17,19)(H,18,20). The summed E-state index contributed by atoms with van der Waals surface area (Å²) in [5.41, 5.74) is 1.33. The number of benzene rings is 1. The summed E-state index contributed by atoms with van der Waals surface area (Å²) < 4.78 is 5.25. The highest BCUT2D eigenvalue weighted by atomic mass is 16.3. The van der Waals surface area contributed by atoms with E-state index in [2.05, 4.69) is 10.6 Å². The molecule has 5 nitrogen and oxygen atoms in total. The number of aryl methyl sites for hydroxylation is 1. The molecule has 0 saturated heterocycles. The number of carbonyl (C=O) groups is 2. The Balaban J connectivity index is 1.99. The lowest BCUT2D eigenvalue weighted by atomic mass is 10.2. The van der Waals surface area contributed by atoms with Gasteiger partial charge in [0, 0.05) is 17.3 Å². The molecule has 110 valence electrons. The zero-order valence-electron chi connectivity index (χ0n) is 12.3. The second-order valence-corrected chi connectivity index (χ2v) is 5.09. The number of anilines is 2. The van der Waals surface area contributed by atoms with Crippen molar-refractivity contribution in [3.8, 4) is 0 Å². The van der Waals surface area contributed by atoms with E-state index in [1.807, 2.05) is 13.8 Å². The van der Waals surface area contributed by atoms with Gasteiger partial charge in [-0.2, -0.15) is 0 Å². The fourth-order valence-electron chi connectivity index (χ4n) is 1.67. The van der Waals surface area contributed by atoms with Crippen LogP contribution in [-0.2, 0) is 4.79 Å². The summed E-state index contributed by atoms with van der Waals surface area (Å²) in [5, 5.41) is 5.52. The van der Waals surface area contributed by atoms with Gasteiger partial charge in [0.1, 0.15) is 5.76 Å². The van der Waals surface area contributed by atoms with Crippen molar-refractivity contribution in [3.05, 3.63) is 47.9 Å². The highest BCUT2D eigenvalue weighted by Crippen LogP contribution is 2.16. The molecule has 21 heavy (non-hydrogen) atoms. The molecule has 0 aliphatic carbocycles. The van der Waals surface area contributed by atoms with Crippen LogP contribution < -0.4 is 10.6 Å². The molecule has 2 aromatic rings. The first-order valence-corrected chi connectivity index (χ1v) is 6.74. The Morgan fingerprint density at radius 2 is 1.52 bits per heavy atom. The summed E-state index contributed by atoms with van der Waals surface area (Å²) in [6.45, 7) is 5.44. The van der Waals surface area contributed by atoms with Crippen molar-refractivity contribution < 1.29 is 14.0 Å². The van der Waals surface area contributed by atoms with E-state index >= 15 is 0 Å². The molecule has 0 atom stereocenters. The Kier molecular flexibility index (Phi) is 4.42. The van der Waals surface area contributed by atoms with Crippen molar-refractivity contribution in [1.29, 1.82) is 0 Å². The molecule has 0 fully saturated rings. The van der Waals surface area contributed by atoms with Gasteiger partial charge in [0.25, 0.3) is 5.91 Å². The van der Waals surface area contributed by atoms with E-state index in [1.165, 1.54) is 0 Å². The van der Waals surface area contributed by atoms with E-state index in [0.29, 0.717) is 17.1 Å². The smallest absolute Gasteiger partial charge is 0.291 e. The van der Waals surface area contributed by atoms with Gasteiger partial charge >= 0.3 is 0 Å². The average Bonchev–Trinajstić information content (AvgIpc) is 2.87. The summed E-state index contributed by atoms with van der Waals surface area (Å²) in [6.07, 6.45) is 0. The first-order valence-electron chi connectivity index (χ1n) is 6.74. The number of nitrogens with one attached hydrogen (secondary N) is 2. The van der Waals surface area contributed by atoms with Gasteiger partial charge in [0.15, 0.2) is 5.76 Å². The second kappa shape index (κ2) is 6.26. The van der Waals surface area contributed by atoms with Crippen LogP contribution in [0.15, 0.2) is 40.8 Å². The maximum absolute atomic E-state index is 11.9. The maximum Gasteiger partial charge on any atom is 0.291 e. The molecule has 0 aliphatic heterocycles. The molecule has 0 saturated carbocycles. The van der Waals surface area contributed by atoms with Crippen LogP contribution in [0.2, 0.25) is 0 Å². The third-order valence-corrected chi connectivity index (χ3v) is 2.90. The zero-order valence-corrected chi connectivity index (χ0v) is 12.3. The maximum atomic E-state index is 11.9. The van der Waals surface area contributed by atoms with Crippen LogP contribution in [0.1, 0.15) is 30.2 Å². The molecule has 0 radical (unpaired) electrons. The quantitative estimate of drug-likeness (QED) is 0.904. The Labute approximate surface area is 123 Å². The van der Waals surface area contributed by atoms with Crippen LogP contribution >= 0.6 is 0 Å². The fraction of sp³-hybridized carbons (Fsp3) is 0.250. The van der Waals surface area contributed by atoms with Gasteiger partial charge in [-0.25, -0.2) is 0 Å². The van der Waals surface area contributed by atoms with Crippen LogP contribution in [-0.4, -0.2) is 11.8 Å². The Hall–Kier alpha value is -2.56. The van der Waals surface area contributed by atoms with E-state index in [1.54, 1.807) is 43.3 Å². The van der Waals surface area contributed by atoms with Crippen molar-refractivity contribution in [3.63, 3.8) is 0 Å². The molecule has 5 heteroatoms. The third kappa shape index (κ3) is 3.95. The van der Waals surface area contributed by atoms with Crippen molar-refractivity contribution in [1.82, 2.24) is 0 Å². The van der Waals surface area contributed by atoms with Crippen LogP contribution in [0.25, 0.3) is 0 Å². The van der Waals surface area contributed by atoms with E-state index in [0.717, 1.165) is 0 Å². The SMILES string of the molecule is Cc1ccc(C(=O)Nc2ccc(NC(=O)C(C)C)cc2)o1. The molecular weight excluding hydrogens is 268 g/mol. The fourth-order valence-corrected chi connectivity index (χ4v) is 1.67. The van der Waals surface area contributed by atoms with Gasteiger partial charge < -0.3 is 15.1 Å². The largest absolute Gasteiger partial charge is 0.456 e. The minimum atomic E-state index is -0.304. The minimum absolute atomic E-state index is 0.0437. The normalized spacial score (nSPS) is 10.5. The van der Waals surface area contributed by atoms with Crippen molar-refractivity contribution in [2.75, 3.05) is 10.6 Å². The monoisotopic (exact) mass is 286 g/mol. The summed E-state index contributed by atoms with van der Waals surface area (Å²) >= 11 is 0. The van der Waals surface area contributed by atoms with E-state index in [4.69, 9.17) is 4.42 Å². The molecule has 1 heterocycles. The first kappa shape index (κ1) is 14.8. The predicted octanol–water partition coefficient (Wildman–Crippen LogP) is 3.43. The summed E-state index contributed by atoms with van der Waals surface area (Å²) in [4.78, 5) is 23.5. The molecule has 0 spiro atoms. The highest BCUT2D eigenvalue weighted by molar-refractivity contribution is 6.02. The van der Waals surface area contributed by atoms with E-state index in [-0.39, 0.29) is 23.5 Å². The molecule has 0 aliphatic rings. The topological polar surface area (TPSA) is 71.3 Å². The van der Waals surface area contributed by atoms with Gasteiger partial charge in [0.2, 0.25) is 5.91 Å². The number of amides is 2. The lowest BCUT2D eigenvalue weighted by molar-refractivity contribution is -0.118. The Morgan fingerprint density at radius 1 is 0.952 bits per heavy atom. The zero-order chi connectivity index (χ0) is 15.4. The second-order valence-electron chi connectivity index (χ2n) is 5.09. The average molecular weight is 286 g/mol. The number of carbonyl (C=O) groups excluding carboxylic acids is 2. The number of furan rings is 1. The molecular formula is C16H18N2O3. The Bertz CT molecular complexity index is 642. The van der Waals surface area contributed by atoms with Gasteiger partial charge in [-0.3, -0.25) is 9.59 Å². The lowest BCUT2D eigenvalue weighted by Crippen LogP contribution is -2.17.